The summed E-state index contributed by atoms with van der Waals surface area (Å²) in [7, 11) is -3.78. The molecule has 2 heterocycles. The zero-order valence-corrected chi connectivity index (χ0v) is 12.4. The molecule has 1 N–H and O–H groups in total. The number of benzene rings is 1. The van der Waals surface area contributed by atoms with E-state index in [-0.39, 0.29) is 16.0 Å². The summed E-state index contributed by atoms with van der Waals surface area (Å²) in [5, 5.41) is 3.53. The first-order valence-corrected chi connectivity index (χ1v) is 8.49. The minimum Gasteiger partial charge on any atom is -0.312 e. The van der Waals surface area contributed by atoms with Crippen LogP contribution in [-0.2, 0) is 10.0 Å². The van der Waals surface area contributed by atoms with Gasteiger partial charge in [-0.2, -0.15) is 4.31 Å². The molecule has 7 heteroatoms. The van der Waals surface area contributed by atoms with Gasteiger partial charge in [-0.15, -0.1) is 0 Å². The quantitative estimate of drug-likeness (QED) is 0.905. The van der Waals surface area contributed by atoms with Crippen molar-refractivity contribution in [1.29, 1.82) is 0 Å². The molecule has 1 aromatic rings. The highest BCUT2D eigenvalue weighted by Crippen LogP contribution is 2.30. The molecule has 4 nitrogen and oxygen atoms in total. The first kappa shape index (κ1) is 14.3. The van der Waals surface area contributed by atoms with E-state index in [0.29, 0.717) is 19.0 Å². The average Bonchev–Trinajstić information content (AvgIpc) is 2.82. The van der Waals surface area contributed by atoms with Crippen molar-refractivity contribution in [2.45, 2.75) is 23.8 Å². The molecule has 20 heavy (non-hydrogen) atoms. The van der Waals surface area contributed by atoms with Crippen LogP contribution in [0, 0.1) is 11.7 Å². The van der Waals surface area contributed by atoms with E-state index in [0.717, 1.165) is 25.5 Å². The van der Waals surface area contributed by atoms with Crippen LogP contribution in [0.5, 0.6) is 0 Å². The summed E-state index contributed by atoms with van der Waals surface area (Å²) in [4.78, 5) is -0.291. The Kier molecular flexibility index (Phi) is 3.75. The number of piperidine rings is 1. The predicted octanol–water partition coefficient (Wildman–Crippen LogP) is 1.85. The molecular formula is C13H16ClFN2O2S. The van der Waals surface area contributed by atoms with Crippen molar-refractivity contribution in [2.75, 3.05) is 19.6 Å². The molecule has 2 aliphatic rings. The van der Waals surface area contributed by atoms with Crippen molar-refractivity contribution >= 4 is 21.6 Å². The third-order valence-electron chi connectivity index (χ3n) is 4.08. The lowest BCUT2D eigenvalue weighted by atomic mass is 9.94. The number of rotatable bonds is 2. The maximum atomic E-state index is 13.9. The van der Waals surface area contributed by atoms with Gasteiger partial charge in [-0.1, -0.05) is 11.6 Å². The van der Waals surface area contributed by atoms with E-state index >= 15 is 0 Å². The smallest absolute Gasteiger partial charge is 0.246 e. The number of nitrogens with one attached hydrogen (secondary N) is 1. The van der Waals surface area contributed by atoms with Gasteiger partial charge in [-0.05, 0) is 43.5 Å². The highest BCUT2D eigenvalue weighted by Gasteiger charge is 2.40. The lowest BCUT2D eigenvalue weighted by molar-refractivity contribution is 0.339. The Morgan fingerprint density at radius 3 is 2.85 bits per heavy atom. The lowest BCUT2D eigenvalue weighted by Gasteiger charge is -2.24. The maximum Gasteiger partial charge on any atom is 0.246 e. The molecule has 1 aromatic carbocycles. The highest BCUT2D eigenvalue weighted by atomic mass is 35.5. The van der Waals surface area contributed by atoms with E-state index in [2.05, 4.69) is 5.32 Å². The van der Waals surface area contributed by atoms with Gasteiger partial charge in [-0.3, -0.25) is 0 Å². The van der Waals surface area contributed by atoms with Gasteiger partial charge < -0.3 is 5.32 Å². The molecule has 0 radical (unpaired) electrons. The van der Waals surface area contributed by atoms with Crippen LogP contribution < -0.4 is 5.32 Å². The summed E-state index contributed by atoms with van der Waals surface area (Å²) in [6, 6.07) is 3.87. The van der Waals surface area contributed by atoms with Gasteiger partial charge in [0, 0.05) is 24.2 Å². The number of fused-ring (bicyclic) bond motifs is 1. The van der Waals surface area contributed by atoms with E-state index in [1.807, 2.05) is 0 Å². The van der Waals surface area contributed by atoms with Gasteiger partial charge in [0.15, 0.2) is 0 Å². The Morgan fingerprint density at radius 1 is 1.35 bits per heavy atom. The first-order valence-electron chi connectivity index (χ1n) is 6.67. The van der Waals surface area contributed by atoms with Crippen molar-refractivity contribution in [1.82, 2.24) is 9.62 Å². The first-order chi connectivity index (χ1) is 9.48. The van der Waals surface area contributed by atoms with Gasteiger partial charge >= 0.3 is 0 Å². The topological polar surface area (TPSA) is 49.4 Å². The maximum absolute atomic E-state index is 13.9. The SMILES string of the molecule is O=S(=O)(c1ccc(Cl)cc1F)N1CC2CCCNC2C1. The molecule has 0 aliphatic carbocycles. The second-order valence-electron chi connectivity index (χ2n) is 5.36. The fourth-order valence-corrected chi connectivity index (χ4v) is 4.75. The Bertz CT molecular complexity index is 609. The van der Waals surface area contributed by atoms with Gasteiger partial charge in [0.25, 0.3) is 0 Å². The Labute approximate surface area is 123 Å². The van der Waals surface area contributed by atoms with Crippen LogP contribution in [-0.4, -0.2) is 38.4 Å². The number of hydrogen-bond acceptors (Lipinski definition) is 3. The third kappa shape index (κ3) is 2.45. The van der Waals surface area contributed by atoms with E-state index in [1.165, 1.54) is 16.4 Å². The van der Waals surface area contributed by atoms with Crippen molar-refractivity contribution in [3.05, 3.63) is 29.0 Å². The van der Waals surface area contributed by atoms with Crippen molar-refractivity contribution in [3.63, 3.8) is 0 Å². The summed E-state index contributed by atoms with van der Waals surface area (Å²) in [6.45, 7) is 1.79. The Morgan fingerprint density at radius 2 is 2.15 bits per heavy atom. The van der Waals surface area contributed by atoms with E-state index in [9.17, 15) is 12.8 Å². The van der Waals surface area contributed by atoms with Crippen LogP contribution >= 0.6 is 11.6 Å². The number of halogens is 2. The molecule has 2 saturated heterocycles. The molecule has 2 unspecified atom stereocenters. The van der Waals surface area contributed by atoms with Crippen molar-refractivity contribution in [2.24, 2.45) is 5.92 Å². The van der Waals surface area contributed by atoms with Crippen LogP contribution in [0.3, 0.4) is 0 Å². The largest absolute Gasteiger partial charge is 0.312 e. The normalized spacial score (nSPS) is 27.5. The summed E-state index contributed by atoms with van der Waals surface area (Å²) < 4.78 is 40.3. The van der Waals surface area contributed by atoms with E-state index < -0.39 is 15.8 Å². The molecule has 110 valence electrons. The van der Waals surface area contributed by atoms with Crippen LogP contribution in [0.2, 0.25) is 5.02 Å². The van der Waals surface area contributed by atoms with E-state index in [4.69, 9.17) is 11.6 Å². The number of nitrogens with zero attached hydrogens (tertiary/aromatic N) is 1. The second-order valence-corrected chi connectivity index (χ2v) is 7.70. The molecule has 2 fully saturated rings. The van der Waals surface area contributed by atoms with Crippen LogP contribution in [0.1, 0.15) is 12.8 Å². The third-order valence-corrected chi connectivity index (χ3v) is 6.18. The summed E-state index contributed by atoms with van der Waals surface area (Å²) in [5.41, 5.74) is 0. The summed E-state index contributed by atoms with van der Waals surface area (Å²) in [6.07, 6.45) is 2.08. The molecule has 2 atom stereocenters. The minimum atomic E-state index is -3.78. The molecule has 0 aromatic heterocycles. The van der Waals surface area contributed by atoms with Gasteiger partial charge in [-0.25, -0.2) is 12.8 Å². The molecule has 0 bridgehead atoms. The van der Waals surface area contributed by atoms with Gasteiger partial charge in [0.1, 0.15) is 10.7 Å². The Balaban J connectivity index is 1.89. The second kappa shape index (κ2) is 5.26. The van der Waals surface area contributed by atoms with Crippen LogP contribution in [0.4, 0.5) is 4.39 Å². The monoisotopic (exact) mass is 318 g/mol. The van der Waals surface area contributed by atoms with Crippen LogP contribution in [0.25, 0.3) is 0 Å². The molecule has 0 amide bonds. The minimum absolute atomic E-state index is 0.189. The summed E-state index contributed by atoms with van der Waals surface area (Å²) in [5.74, 6) is -0.464. The van der Waals surface area contributed by atoms with E-state index in [1.54, 1.807) is 0 Å². The summed E-state index contributed by atoms with van der Waals surface area (Å²) >= 11 is 5.67. The molecule has 0 spiro atoms. The molecular weight excluding hydrogens is 303 g/mol. The van der Waals surface area contributed by atoms with Crippen LogP contribution in [0.15, 0.2) is 23.1 Å². The van der Waals surface area contributed by atoms with Crippen molar-refractivity contribution < 1.29 is 12.8 Å². The molecule has 2 aliphatic heterocycles. The molecule has 3 rings (SSSR count). The standard InChI is InChI=1S/C13H16ClFN2O2S/c14-10-3-4-13(11(15)6-10)20(18,19)17-7-9-2-1-5-16-12(9)8-17/h3-4,6,9,12,16H,1-2,5,7-8H2. The van der Waals surface area contributed by atoms with Gasteiger partial charge in [0.2, 0.25) is 10.0 Å². The van der Waals surface area contributed by atoms with Gasteiger partial charge in [0.05, 0.1) is 0 Å². The lowest BCUT2D eigenvalue weighted by Crippen LogP contribution is -2.41. The predicted molar refractivity (Wildman–Crippen MR) is 74.7 cm³/mol. The Hall–Kier alpha value is -0.690. The number of sulfonamides is 1. The van der Waals surface area contributed by atoms with Crippen molar-refractivity contribution in [3.8, 4) is 0 Å². The zero-order chi connectivity index (χ0) is 14.3. The zero-order valence-electron chi connectivity index (χ0n) is 10.9. The highest BCUT2D eigenvalue weighted by molar-refractivity contribution is 7.89. The average molecular weight is 319 g/mol. The fraction of sp³-hybridized carbons (Fsp3) is 0.538. The number of hydrogen-bond donors (Lipinski definition) is 1. The molecule has 0 saturated carbocycles. The fourth-order valence-electron chi connectivity index (χ4n) is 3.03.